The first-order chi connectivity index (χ1) is 9.69. The van der Waals surface area contributed by atoms with Crippen LogP contribution in [-0.2, 0) is 9.53 Å². The summed E-state index contributed by atoms with van der Waals surface area (Å²) in [5, 5.41) is -0.793. The Morgan fingerprint density at radius 2 is 2.00 bits per heavy atom. The fourth-order valence-electron chi connectivity index (χ4n) is 2.19. The van der Waals surface area contributed by atoms with Crippen molar-refractivity contribution in [3.63, 3.8) is 0 Å². The van der Waals surface area contributed by atoms with Crippen molar-refractivity contribution in [1.29, 1.82) is 0 Å². The third-order valence-electron chi connectivity index (χ3n) is 3.25. The number of benzene rings is 1. The highest BCUT2D eigenvalue weighted by atomic mass is 35.5. The minimum absolute atomic E-state index is 0.137. The molecular formula is C14H18ClNO4. The average Bonchev–Trinajstić information content (AvgIpc) is 2.53. The van der Waals surface area contributed by atoms with E-state index < -0.39 is 5.38 Å². The van der Waals surface area contributed by atoms with Crippen LogP contribution in [0.5, 0.6) is 11.5 Å². The SMILES string of the molecule is COc1cccc(C(Cl)C(=O)N2CCOCC2)c1OC. The summed E-state index contributed by atoms with van der Waals surface area (Å²) in [6, 6.07) is 5.33. The molecule has 0 aliphatic carbocycles. The van der Waals surface area contributed by atoms with E-state index in [9.17, 15) is 4.79 Å². The van der Waals surface area contributed by atoms with Gasteiger partial charge in [0.25, 0.3) is 0 Å². The molecule has 0 radical (unpaired) electrons. The number of hydrogen-bond acceptors (Lipinski definition) is 4. The summed E-state index contributed by atoms with van der Waals surface area (Å²) in [7, 11) is 3.08. The largest absolute Gasteiger partial charge is 0.493 e. The van der Waals surface area contributed by atoms with E-state index in [4.69, 9.17) is 25.8 Å². The Bertz CT molecular complexity index is 474. The number of rotatable bonds is 4. The summed E-state index contributed by atoms with van der Waals surface area (Å²) >= 11 is 6.34. The summed E-state index contributed by atoms with van der Waals surface area (Å²) in [5.41, 5.74) is 0.616. The lowest BCUT2D eigenvalue weighted by molar-refractivity contribution is -0.135. The molecule has 2 rings (SSSR count). The molecule has 1 aliphatic rings. The van der Waals surface area contributed by atoms with Gasteiger partial charge in [-0.3, -0.25) is 4.79 Å². The lowest BCUT2D eigenvalue weighted by atomic mass is 10.1. The van der Waals surface area contributed by atoms with Gasteiger partial charge < -0.3 is 19.1 Å². The summed E-state index contributed by atoms with van der Waals surface area (Å²) in [6.45, 7) is 2.22. The van der Waals surface area contributed by atoms with Crippen molar-refractivity contribution in [3.05, 3.63) is 23.8 Å². The number of nitrogens with zero attached hydrogens (tertiary/aromatic N) is 1. The van der Waals surface area contributed by atoms with Crippen molar-refractivity contribution in [2.45, 2.75) is 5.38 Å². The zero-order valence-corrected chi connectivity index (χ0v) is 12.4. The molecule has 1 aromatic carbocycles. The Labute approximate surface area is 123 Å². The highest BCUT2D eigenvalue weighted by Gasteiger charge is 2.28. The molecule has 1 aromatic rings. The van der Waals surface area contributed by atoms with Gasteiger partial charge in [-0.2, -0.15) is 0 Å². The first-order valence-corrected chi connectivity index (χ1v) is 6.84. The minimum atomic E-state index is -0.793. The summed E-state index contributed by atoms with van der Waals surface area (Å²) < 4.78 is 15.8. The Balaban J connectivity index is 2.23. The Kier molecular flexibility index (Phi) is 5.09. The van der Waals surface area contributed by atoms with Crippen molar-refractivity contribution < 1.29 is 19.0 Å². The summed E-state index contributed by atoms with van der Waals surface area (Å²) in [5.74, 6) is 0.920. The van der Waals surface area contributed by atoms with Crippen molar-refractivity contribution >= 4 is 17.5 Å². The number of para-hydroxylation sites is 1. The fraction of sp³-hybridized carbons (Fsp3) is 0.500. The maximum absolute atomic E-state index is 12.4. The summed E-state index contributed by atoms with van der Waals surface area (Å²) in [6.07, 6.45) is 0. The molecule has 0 bridgehead atoms. The second-order valence-corrected chi connectivity index (χ2v) is 4.82. The number of halogens is 1. The molecule has 0 spiro atoms. The Hall–Kier alpha value is -1.46. The van der Waals surface area contributed by atoms with Crippen LogP contribution in [0, 0.1) is 0 Å². The van der Waals surface area contributed by atoms with Gasteiger partial charge >= 0.3 is 0 Å². The van der Waals surface area contributed by atoms with Crippen LogP contribution in [0.25, 0.3) is 0 Å². The zero-order chi connectivity index (χ0) is 14.5. The molecule has 6 heteroatoms. The number of alkyl halides is 1. The van der Waals surface area contributed by atoms with Crippen LogP contribution >= 0.6 is 11.6 Å². The van der Waals surface area contributed by atoms with Crippen molar-refractivity contribution in [1.82, 2.24) is 4.90 Å². The van der Waals surface area contributed by atoms with Crippen LogP contribution in [0.1, 0.15) is 10.9 Å². The van der Waals surface area contributed by atoms with Gasteiger partial charge in [-0.15, -0.1) is 11.6 Å². The number of amides is 1. The fourth-order valence-corrected chi connectivity index (χ4v) is 2.50. The van der Waals surface area contributed by atoms with E-state index in [-0.39, 0.29) is 5.91 Å². The molecule has 0 saturated carbocycles. The number of hydrogen-bond donors (Lipinski definition) is 0. The molecular weight excluding hydrogens is 282 g/mol. The number of morpholine rings is 1. The maximum Gasteiger partial charge on any atom is 0.245 e. The summed E-state index contributed by atoms with van der Waals surface area (Å²) in [4.78, 5) is 14.1. The minimum Gasteiger partial charge on any atom is -0.493 e. The molecule has 110 valence electrons. The zero-order valence-electron chi connectivity index (χ0n) is 11.6. The van der Waals surface area contributed by atoms with Gasteiger partial charge in [-0.05, 0) is 6.07 Å². The van der Waals surface area contributed by atoms with Crippen LogP contribution < -0.4 is 9.47 Å². The third-order valence-corrected chi connectivity index (χ3v) is 3.67. The van der Waals surface area contributed by atoms with E-state index in [1.54, 1.807) is 30.2 Å². The van der Waals surface area contributed by atoms with Gasteiger partial charge in [0.15, 0.2) is 11.5 Å². The van der Waals surface area contributed by atoms with Gasteiger partial charge in [-0.1, -0.05) is 12.1 Å². The van der Waals surface area contributed by atoms with E-state index in [0.717, 1.165) is 0 Å². The van der Waals surface area contributed by atoms with Gasteiger partial charge in [-0.25, -0.2) is 0 Å². The Morgan fingerprint density at radius 3 is 2.60 bits per heavy atom. The van der Waals surface area contributed by atoms with E-state index in [2.05, 4.69) is 0 Å². The van der Waals surface area contributed by atoms with E-state index in [0.29, 0.717) is 43.4 Å². The molecule has 1 aliphatic heterocycles. The standard InChI is InChI=1S/C14H18ClNO4/c1-18-11-5-3-4-10(13(11)19-2)12(15)14(17)16-6-8-20-9-7-16/h3-5,12H,6-9H2,1-2H3. The second-order valence-electron chi connectivity index (χ2n) is 4.38. The van der Waals surface area contributed by atoms with Gasteiger partial charge in [0.2, 0.25) is 5.91 Å². The smallest absolute Gasteiger partial charge is 0.245 e. The predicted molar refractivity (Wildman–Crippen MR) is 75.5 cm³/mol. The van der Waals surface area contributed by atoms with Crippen LogP contribution in [0.15, 0.2) is 18.2 Å². The topological polar surface area (TPSA) is 48.0 Å². The van der Waals surface area contributed by atoms with Gasteiger partial charge in [0.1, 0.15) is 5.38 Å². The maximum atomic E-state index is 12.4. The van der Waals surface area contributed by atoms with Crippen molar-refractivity contribution in [2.75, 3.05) is 40.5 Å². The number of methoxy groups -OCH3 is 2. The molecule has 1 atom stereocenters. The molecule has 0 aromatic heterocycles. The molecule has 0 N–H and O–H groups in total. The van der Waals surface area contributed by atoms with Crippen LogP contribution in [-0.4, -0.2) is 51.3 Å². The van der Waals surface area contributed by atoms with Gasteiger partial charge in [0, 0.05) is 18.7 Å². The normalized spacial score (nSPS) is 16.6. The van der Waals surface area contributed by atoms with Crippen LogP contribution in [0.2, 0.25) is 0 Å². The first-order valence-electron chi connectivity index (χ1n) is 6.40. The highest BCUT2D eigenvalue weighted by molar-refractivity contribution is 6.31. The number of carbonyl (C=O) groups is 1. The monoisotopic (exact) mass is 299 g/mol. The quantitative estimate of drug-likeness (QED) is 0.796. The average molecular weight is 300 g/mol. The molecule has 1 saturated heterocycles. The third kappa shape index (κ3) is 2.99. The molecule has 1 amide bonds. The van der Waals surface area contributed by atoms with Crippen molar-refractivity contribution in [3.8, 4) is 11.5 Å². The molecule has 5 nitrogen and oxygen atoms in total. The molecule has 20 heavy (non-hydrogen) atoms. The lowest BCUT2D eigenvalue weighted by Gasteiger charge is -2.29. The van der Waals surface area contributed by atoms with Gasteiger partial charge in [0.05, 0.1) is 27.4 Å². The molecule has 1 unspecified atom stereocenters. The lowest BCUT2D eigenvalue weighted by Crippen LogP contribution is -2.42. The van der Waals surface area contributed by atoms with E-state index in [1.165, 1.54) is 7.11 Å². The second kappa shape index (κ2) is 6.81. The predicted octanol–water partition coefficient (Wildman–Crippen LogP) is 1.84. The Morgan fingerprint density at radius 1 is 1.30 bits per heavy atom. The number of carbonyl (C=O) groups excluding carboxylic acids is 1. The number of ether oxygens (including phenoxy) is 3. The van der Waals surface area contributed by atoms with Crippen molar-refractivity contribution in [2.24, 2.45) is 0 Å². The first kappa shape index (κ1) is 14.9. The van der Waals surface area contributed by atoms with E-state index in [1.807, 2.05) is 0 Å². The van der Waals surface area contributed by atoms with E-state index >= 15 is 0 Å². The molecule has 1 heterocycles. The highest BCUT2D eigenvalue weighted by Crippen LogP contribution is 2.38. The van der Waals surface area contributed by atoms with Crippen LogP contribution in [0.4, 0.5) is 0 Å². The molecule has 1 fully saturated rings. The van der Waals surface area contributed by atoms with Crippen LogP contribution in [0.3, 0.4) is 0 Å².